The minimum Gasteiger partial charge on any atom is -0.483 e. The molecule has 0 aliphatic carbocycles. The molecule has 2 N–H and O–H groups in total. The SMILES string of the molecule is Cc1cccc(NC(=O)COc2ccccc2/C=C(\C#N)C(=O)Nc2cccc(C(F)(F)F)c2)c1C. The molecule has 0 saturated heterocycles. The van der Waals surface area contributed by atoms with Gasteiger partial charge in [0, 0.05) is 16.9 Å². The molecule has 36 heavy (non-hydrogen) atoms. The number of anilines is 2. The van der Waals surface area contributed by atoms with Crippen LogP contribution >= 0.6 is 0 Å². The normalized spacial score (nSPS) is 11.4. The lowest BCUT2D eigenvalue weighted by Crippen LogP contribution is -2.21. The van der Waals surface area contributed by atoms with Gasteiger partial charge in [0.25, 0.3) is 11.8 Å². The van der Waals surface area contributed by atoms with E-state index in [0.717, 1.165) is 29.3 Å². The first-order chi connectivity index (χ1) is 17.1. The molecule has 2 amide bonds. The van der Waals surface area contributed by atoms with Gasteiger partial charge in [0.2, 0.25) is 0 Å². The number of carbonyl (C=O) groups is 2. The van der Waals surface area contributed by atoms with Crippen molar-refractivity contribution in [3.8, 4) is 11.8 Å². The zero-order valence-corrected chi connectivity index (χ0v) is 19.4. The van der Waals surface area contributed by atoms with E-state index >= 15 is 0 Å². The maximum Gasteiger partial charge on any atom is 0.416 e. The molecule has 0 saturated carbocycles. The first-order valence-corrected chi connectivity index (χ1v) is 10.8. The van der Waals surface area contributed by atoms with E-state index in [2.05, 4.69) is 10.6 Å². The maximum atomic E-state index is 12.9. The monoisotopic (exact) mass is 493 g/mol. The molecule has 0 spiro atoms. The van der Waals surface area contributed by atoms with E-state index in [-0.39, 0.29) is 23.6 Å². The number of para-hydroxylation sites is 1. The van der Waals surface area contributed by atoms with E-state index in [1.165, 1.54) is 12.1 Å². The van der Waals surface area contributed by atoms with Gasteiger partial charge < -0.3 is 15.4 Å². The molecule has 3 aromatic rings. The molecule has 0 heterocycles. The fourth-order valence-electron chi connectivity index (χ4n) is 3.22. The van der Waals surface area contributed by atoms with Gasteiger partial charge in [-0.2, -0.15) is 18.4 Å². The number of alkyl halides is 3. The summed E-state index contributed by atoms with van der Waals surface area (Å²) in [7, 11) is 0. The van der Waals surface area contributed by atoms with E-state index in [1.54, 1.807) is 36.4 Å². The Hall–Kier alpha value is -4.58. The third kappa shape index (κ3) is 6.73. The molecule has 0 aliphatic rings. The Bertz CT molecular complexity index is 1360. The molecule has 0 bridgehead atoms. The molecular formula is C27H22F3N3O3. The van der Waals surface area contributed by atoms with Gasteiger partial charge in [-0.3, -0.25) is 9.59 Å². The first-order valence-electron chi connectivity index (χ1n) is 10.8. The Morgan fingerprint density at radius 3 is 2.44 bits per heavy atom. The molecule has 0 aromatic heterocycles. The predicted molar refractivity (Wildman–Crippen MR) is 130 cm³/mol. The Balaban J connectivity index is 1.73. The van der Waals surface area contributed by atoms with E-state index in [0.29, 0.717) is 11.3 Å². The molecule has 0 aliphatic heterocycles. The van der Waals surface area contributed by atoms with Crippen LogP contribution in [0.2, 0.25) is 0 Å². The fourth-order valence-corrected chi connectivity index (χ4v) is 3.22. The minimum absolute atomic E-state index is 0.108. The van der Waals surface area contributed by atoms with Crippen molar-refractivity contribution in [3.63, 3.8) is 0 Å². The highest BCUT2D eigenvalue weighted by atomic mass is 19.4. The van der Waals surface area contributed by atoms with Gasteiger partial charge in [-0.05, 0) is 61.4 Å². The van der Waals surface area contributed by atoms with Crippen LogP contribution in [0.5, 0.6) is 5.75 Å². The number of hydrogen-bond acceptors (Lipinski definition) is 4. The van der Waals surface area contributed by atoms with E-state index in [4.69, 9.17) is 4.74 Å². The third-order valence-corrected chi connectivity index (χ3v) is 5.27. The summed E-state index contributed by atoms with van der Waals surface area (Å²) in [6.45, 7) is 3.50. The van der Waals surface area contributed by atoms with Crippen LogP contribution in [0.3, 0.4) is 0 Å². The summed E-state index contributed by atoms with van der Waals surface area (Å²) in [4.78, 5) is 25.0. The second-order valence-corrected chi connectivity index (χ2v) is 7.82. The van der Waals surface area contributed by atoms with Crippen LogP contribution in [-0.4, -0.2) is 18.4 Å². The number of nitrogens with zero attached hydrogens (tertiary/aromatic N) is 1. The first kappa shape index (κ1) is 26.0. The average Bonchev–Trinajstić information content (AvgIpc) is 2.84. The molecule has 0 radical (unpaired) electrons. The van der Waals surface area contributed by atoms with E-state index < -0.39 is 23.6 Å². The second-order valence-electron chi connectivity index (χ2n) is 7.82. The van der Waals surface area contributed by atoms with Crippen LogP contribution in [0.4, 0.5) is 24.5 Å². The summed E-state index contributed by atoms with van der Waals surface area (Å²) in [5, 5.41) is 14.6. The Kier molecular flexibility index (Phi) is 8.12. The zero-order valence-electron chi connectivity index (χ0n) is 19.4. The van der Waals surface area contributed by atoms with Gasteiger partial charge in [0.15, 0.2) is 6.61 Å². The zero-order chi connectivity index (χ0) is 26.3. The van der Waals surface area contributed by atoms with Gasteiger partial charge in [-0.1, -0.05) is 36.4 Å². The average molecular weight is 493 g/mol. The number of aryl methyl sites for hydroxylation is 1. The molecular weight excluding hydrogens is 471 g/mol. The Labute approximate surface area is 206 Å². The highest BCUT2D eigenvalue weighted by Gasteiger charge is 2.30. The fraction of sp³-hybridized carbons (Fsp3) is 0.148. The molecule has 9 heteroatoms. The molecule has 0 atom stereocenters. The van der Waals surface area contributed by atoms with Gasteiger partial charge >= 0.3 is 6.18 Å². The van der Waals surface area contributed by atoms with Crippen molar-refractivity contribution in [2.45, 2.75) is 20.0 Å². The summed E-state index contributed by atoms with van der Waals surface area (Å²) in [5.41, 5.74) is 1.56. The molecule has 3 rings (SSSR count). The van der Waals surface area contributed by atoms with Crippen molar-refractivity contribution in [2.24, 2.45) is 0 Å². The number of ether oxygens (including phenoxy) is 1. The highest BCUT2D eigenvalue weighted by molar-refractivity contribution is 6.09. The van der Waals surface area contributed by atoms with E-state index in [9.17, 15) is 28.0 Å². The van der Waals surface area contributed by atoms with Crippen LogP contribution in [0.25, 0.3) is 6.08 Å². The van der Waals surface area contributed by atoms with Crippen molar-refractivity contribution in [2.75, 3.05) is 17.2 Å². The van der Waals surface area contributed by atoms with Crippen LogP contribution in [0.1, 0.15) is 22.3 Å². The largest absolute Gasteiger partial charge is 0.483 e. The number of nitrogens with one attached hydrogen (secondary N) is 2. The maximum absolute atomic E-state index is 12.9. The van der Waals surface area contributed by atoms with Crippen molar-refractivity contribution in [1.29, 1.82) is 5.26 Å². The third-order valence-electron chi connectivity index (χ3n) is 5.27. The van der Waals surface area contributed by atoms with Crippen molar-refractivity contribution >= 4 is 29.3 Å². The van der Waals surface area contributed by atoms with Crippen molar-refractivity contribution < 1.29 is 27.5 Å². The standard InChI is InChI=1S/C27H22F3N3O3/c1-17-7-5-11-23(18(17)2)33-25(34)16-36-24-12-4-3-8-19(24)13-20(15-31)26(35)32-22-10-6-9-21(14-22)27(28,29)30/h3-14H,16H2,1-2H3,(H,32,35)(H,33,34)/b20-13+. The summed E-state index contributed by atoms with van der Waals surface area (Å²) >= 11 is 0. The number of carbonyl (C=O) groups excluding carboxylic acids is 2. The summed E-state index contributed by atoms with van der Waals surface area (Å²) in [6, 6.07) is 17.8. The van der Waals surface area contributed by atoms with Crippen LogP contribution in [0, 0.1) is 25.2 Å². The number of benzene rings is 3. The van der Waals surface area contributed by atoms with Crippen LogP contribution in [-0.2, 0) is 15.8 Å². The quantitative estimate of drug-likeness (QED) is 0.317. The molecule has 6 nitrogen and oxygen atoms in total. The number of amides is 2. The lowest BCUT2D eigenvalue weighted by Gasteiger charge is -2.12. The van der Waals surface area contributed by atoms with Gasteiger partial charge in [0.05, 0.1) is 5.56 Å². The molecule has 3 aromatic carbocycles. The molecule has 184 valence electrons. The van der Waals surface area contributed by atoms with Crippen LogP contribution in [0.15, 0.2) is 72.3 Å². The van der Waals surface area contributed by atoms with Crippen molar-refractivity contribution in [3.05, 3.63) is 94.6 Å². The Morgan fingerprint density at radius 1 is 1.00 bits per heavy atom. The van der Waals surface area contributed by atoms with Crippen LogP contribution < -0.4 is 15.4 Å². The van der Waals surface area contributed by atoms with Crippen molar-refractivity contribution in [1.82, 2.24) is 0 Å². The number of halogens is 3. The second kappa shape index (κ2) is 11.2. The number of hydrogen-bond donors (Lipinski definition) is 2. The highest BCUT2D eigenvalue weighted by Crippen LogP contribution is 2.31. The molecule has 0 fully saturated rings. The number of nitriles is 1. The van der Waals surface area contributed by atoms with Gasteiger partial charge in [-0.25, -0.2) is 0 Å². The number of rotatable bonds is 7. The summed E-state index contributed by atoms with van der Waals surface area (Å²) in [5.74, 6) is -1.04. The predicted octanol–water partition coefficient (Wildman–Crippen LogP) is 5.89. The summed E-state index contributed by atoms with van der Waals surface area (Å²) in [6.07, 6.45) is -3.34. The lowest BCUT2D eigenvalue weighted by molar-refractivity contribution is -0.137. The smallest absolute Gasteiger partial charge is 0.416 e. The summed E-state index contributed by atoms with van der Waals surface area (Å²) < 4.78 is 44.4. The Morgan fingerprint density at radius 2 is 1.72 bits per heavy atom. The van der Waals surface area contributed by atoms with Gasteiger partial charge in [0.1, 0.15) is 17.4 Å². The molecule has 0 unspecified atom stereocenters. The van der Waals surface area contributed by atoms with E-state index in [1.807, 2.05) is 26.0 Å². The minimum atomic E-state index is -4.57. The topological polar surface area (TPSA) is 91.2 Å². The lowest BCUT2D eigenvalue weighted by atomic mass is 10.1. The van der Waals surface area contributed by atoms with Gasteiger partial charge in [-0.15, -0.1) is 0 Å².